The molecule has 21 heavy (non-hydrogen) atoms. The van der Waals surface area contributed by atoms with Crippen LogP contribution in [0.2, 0.25) is 0 Å². The highest BCUT2D eigenvalue weighted by atomic mass is 35.5. The van der Waals surface area contributed by atoms with Crippen LogP contribution in [0.4, 0.5) is 5.69 Å². The van der Waals surface area contributed by atoms with Gasteiger partial charge in [0.25, 0.3) is 0 Å². The lowest BCUT2D eigenvalue weighted by Crippen LogP contribution is -2.44. The molecule has 1 aromatic heterocycles. The van der Waals surface area contributed by atoms with Gasteiger partial charge in [-0.2, -0.15) is 0 Å². The van der Waals surface area contributed by atoms with E-state index >= 15 is 0 Å². The lowest BCUT2D eigenvalue weighted by atomic mass is 9.67. The Balaban J connectivity index is 0.00000161. The molecule has 116 valence electrons. The summed E-state index contributed by atoms with van der Waals surface area (Å²) in [7, 11) is 1.69. The predicted octanol–water partition coefficient (Wildman–Crippen LogP) is 1.53. The third-order valence-electron chi connectivity index (χ3n) is 4.83. The summed E-state index contributed by atoms with van der Waals surface area (Å²) in [6, 6.07) is 3.16. The highest BCUT2D eigenvalue weighted by molar-refractivity contribution is 5.96. The fourth-order valence-corrected chi connectivity index (χ4v) is 3.61. The number of carbonyl (C=O) groups excluding carboxylic acids is 1. The zero-order chi connectivity index (χ0) is 14.2. The number of hydrogen-bond donors (Lipinski definition) is 2. The number of nitrogens with one attached hydrogen (secondary N) is 2. The van der Waals surface area contributed by atoms with Gasteiger partial charge in [0.15, 0.2) is 0 Å². The summed E-state index contributed by atoms with van der Waals surface area (Å²) in [6.45, 7) is 1.72. The molecular formula is C15H22ClN3O2. The number of carbonyl (C=O) groups is 1. The summed E-state index contributed by atoms with van der Waals surface area (Å²) in [5, 5.41) is 6.38. The van der Waals surface area contributed by atoms with Gasteiger partial charge in [-0.05, 0) is 31.4 Å². The SMILES string of the molecule is Cl.Cn1cc(NC(=O)[C@@]23CCCC[C@H]2CNC3)ccc1=O. The molecule has 2 aliphatic rings. The Hall–Kier alpha value is -1.33. The van der Waals surface area contributed by atoms with Crippen LogP contribution in [0.5, 0.6) is 0 Å². The molecule has 3 rings (SSSR count). The van der Waals surface area contributed by atoms with Crippen LogP contribution in [0.25, 0.3) is 0 Å². The monoisotopic (exact) mass is 311 g/mol. The van der Waals surface area contributed by atoms with Crippen LogP contribution in [-0.4, -0.2) is 23.6 Å². The highest BCUT2D eigenvalue weighted by Gasteiger charge is 2.49. The number of hydrogen-bond acceptors (Lipinski definition) is 3. The minimum Gasteiger partial charge on any atom is -0.324 e. The Bertz CT molecular complexity index is 587. The Morgan fingerprint density at radius 2 is 2.24 bits per heavy atom. The number of aromatic nitrogens is 1. The second kappa shape index (κ2) is 6.20. The van der Waals surface area contributed by atoms with Crippen LogP contribution in [0, 0.1) is 11.3 Å². The minimum atomic E-state index is -0.257. The van der Waals surface area contributed by atoms with Gasteiger partial charge in [-0.3, -0.25) is 9.59 Å². The van der Waals surface area contributed by atoms with E-state index in [2.05, 4.69) is 10.6 Å². The van der Waals surface area contributed by atoms with Gasteiger partial charge in [0.05, 0.1) is 11.1 Å². The van der Waals surface area contributed by atoms with E-state index in [4.69, 9.17) is 0 Å². The molecule has 1 amide bonds. The topological polar surface area (TPSA) is 63.1 Å². The van der Waals surface area contributed by atoms with E-state index in [0.29, 0.717) is 11.6 Å². The Labute approximate surface area is 130 Å². The molecule has 0 unspecified atom stereocenters. The molecule has 1 aliphatic heterocycles. The van der Waals surface area contributed by atoms with Crippen molar-refractivity contribution in [3.8, 4) is 0 Å². The van der Waals surface area contributed by atoms with Gasteiger partial charge in [0.2, 0.25) is 11.5 Å². The van der Waals surface area contributed by atoms with Crippen molar-refractivity contribution in [2.24, 2.45) is 18.4 Å². The molecule has 2 atom stereocenters. The molecule has 2 fully saturated rings. The van der Waals surface area contributed by atoms with Crippen LogP contribution in [0.3, 0.4) is 0 Å². The normalized spacial score (nSPS) is 27.6. The van der Waals surface area contributed by atoms with Gasteiger partial charge in [0.1, 0.15) is 0 Å². The first kappa shape index (κ1) is 16.0. The molecule has 1 aromatic rings. The van der Waals surface area contributed by atoms with Crippen LogP contribution in [0.15, 0.2) is 23.1 Å². The summed E-state index contributed by atoms with van der Waals surface area (Å²) < 4.78 is 1.48. The van der Waals surface area contributed by atoms with E-state index in [-0.39, 0.29) is 29.3 Å². The zero-order valence-corrected chi connectivity index (χ0v) is 13.0. The minimum absolute atomic E-state index is 0. The zero-order valence-electron chi connectivity index (χ0n) is 12.2. The number of aryl methyl sites for hydroxylation is 1. The lowest BCUT2D eigenvalue weighted by Gasteiger charge is -2.37. The molecule has 1 saturated heterocycles. The van der Waals surface area contributed by atoms with Gasteiger partial charge in [-0.1, -0.05) is 12.8 Å². The van der Waals surface area contributed by atoms with Gasteiger partial charge in [0, 0.05) is 25.9 Å². The van der Waals surface area contributed by atoms with E-state index in [1.807, 2.05) is 0 Å². The molecule has 1 aliphatic carbocycles. The van der Waals surface area contributed by atoms with E-state index in [9.17, 15) is 9.59 Å². The third-order valence-corrected chi connectivity index (χ3v) is 4.83. The maximum absolute atomic E-state index is 12.7. The Morgan fingerprint density at radius 3 is 3.00 bits per heavy atom. The number of pyridine rings is 1. The first-order valence-corrected chi connectivity index (χ1v) is 7.31. The molecule has 0 radical (unpaired) electrons. The molecule has 0 bridgehead atoms. The van der Waals surface area contributed by atoms with Crippen molar-refractivity contribution in [1.29, 1.82) is 0 Å². The van der Waals surface area contributed by atoms with Crippen LogP contribution >= 0.6 is 12.4 Å². The summed E-state index contributed by atoms with van der Waals surface area (Å²) >= 11 is 0. The Kier molecular flexibility index (Phi) is 4.74. The maximum atomic E-state index is 12.7. The van der Waals surface area contributed by atoms with Crippen LogP contribution in [0.1, 0.15) is 25.7 Å². The third kappa shape index (κ3) is 2.85. The standard InChI is InChI=1S/C15H21N3O2.ClH/c1-18-9-12(5-6-13(18)19)17-14(20)15-7-3-2-4-11(15)8-16-10-15;/h5-6,9,11,16H,2-4,7-8,10H2,1H3,(H,17,20);1H/t11-,15+;/m0./s1. The smallest absolute Gasteiger partial charge is 0.250 e. The van der Waals surface area contributed by atoms with Crippen molar-refractivity contribution in [1.82, 2.24) is 9.88 Å². The molecule has 1 saturated carbocycles. The maximum Gasteiger partial charge on any atom is 0.250 e. The molecular weight excluding hydrogens is 290 g/mol. The van der Waals surface area contributed by atoms with Crippen molar-refractivity contribution in [3.63, 3.8) is 0 Å². The second-order valence-electron chi connectivity index (χ2n) is 6.05. The van der Waals surface area contributed by atoms with Crippen molar-refractivity contribution >= 4 is 24.0 Å². The first-order valence-electron chi connectivity index (χ1n) is 7.31. The first-order chi connectivity index (χ1) is 9.62. The van der Waals surface area contributed by atoms with Gasteiger partial charge in [-0.25, -0.2) is 0 Å². The summed E-state index contributed by atoms with van der Waals surface area (Å²) in [5.74, 6) is 0.551. The number of amides is 1. The summed E-state index contributed by atoms with van der Waals surface area (Å²) in [4.78, 5) is 24.1. The number of rotatable bonds is 2. The van der Waals surface area contributed by atoms with Crippen molar-refractivity contribution in [3.05, 3.63) is 28.7 Å². The van der Waals surface area contributed by atoms with Crippen molar-refractivity contribution in [2.75, 3.05) is 18.4 Å². The summed E-state index contributed by atoms with van der Waals surface area (Å²) in [6.07, 6.45) is 6.12. The van der Waals surface area contributed by atoms with Crippen LogP contribution in [-0.2, 0) is 11.8 Å². The average molecular weight is 312 g/mol. The average Bonchev–Trinajstić information content (AvgIpc) is 2.88. The molecule has 6 heteroatoms. The predicted molar refractivity (Wildman–Crippen MR) is 84.8 cm³/mol. The number of nitrogens with zero attached hydrogens (tertiary/aromatic N) is 1. The fourth-order valence-electron chi connectivity index (χ4n) is 3.61. The molecule has 2 heterocycles. The Morgan fingerprint density at radius 1 is 1.43 bits per heavy atom. The molecule has 0 aromatic carbocycles. The lowest BCUT2D eigenvalue weighted by molar-refractivity contribution is -0.128. The van der Waals surface area contributed by atoms with E-state index in [0.717, 1.165) is 32.4 Å². The van der Waals surface area contributed by atoms with Gasteiger partial charge in [-0.15, -0.1) is 12.4 Å². The van der Waals surface area contributed by atoms with E-state index in [1.165, 1.54) is 17.1 Å². The van der Waals surface area contributed by atoms with E-state index < -0.39 is 0 Å². The van der Waals surface area contributed by atoms with Crippen molar-refractivity contribution in [2.45, 2.75) is 25.7 Å². The van der Waals surface area contributed by atoms with Gasteiger partial charge < -0.3 is 15.2 Å². The second-order valence-corrected chi connectivity index (χ2v) is 6.05. The largest absolute Gasteiger partial charge is 0.324 e. The molecule has 2 N–H and O–H groups in total. The molecule has 0 spiro atoms. The molecule has 5 nitrogen and oxygen atoms in total. The van der Waals surface area contributed by atoms with Crippen molar-refractivity contribution < 1.29 is 4.79 Å². The van der Waals surface area contributed by atoms with E-state index in [1.54, 1.807) is 19.3 Å². The number of anilines is 1. The number of halogens is 1. The van der Waals surface area contributed by atoms with Gasteiger partial charge >= 0.3 is 0 Å². The fraction of sp³-hybridized carbons (Fsp3) is 0.600. The quantitative estimate of drug-likeness (QED) is 0.870. The number of fused-ring (bicyclic) bond motifs is 1. The summed E-state index contributed by atoms with van der Waals surface area (Å²) in [5.41, 5.74) is 0.370. The highest BCUT2D eigenvalue weighted by Crippen LogP contribution is 2.44. The van der Waals surface area contributed by atoms with Crippen LogP contribution < -0.4 is 16.2 Å².